The van der Waals surface area contributed by atoms with E-state index in [1.54, 1.807) is 0 Å². The Morgan fingerprint density at radius 3 is 2.60 bits per heavy atom. The summed E-state index contributed by atoms with van der Waals surface area (Å²) < 4.78 is 0. The van der Waals surface area contributed by atoms with Crippen LogP contribution < -0.4 is 10.6 Å². The molecule has 0 radical (unpaired) electrons. The molecule has 1 aliphatic heterocycles. The highest BCUT2D eigenvalue weighted by Crippen LogP contribution is 2.17. The van der Waals surface area contributed by atoms with E-state index >= 15 is 0 Å². The van der Waals surface area contributed by atoms with Crippen LogP contribution in [0.2, 0.25) is 0 Å². The van der Waals surface area contributed by atoms with Gasteiger partial charge in [0.05, 0.1) is 0 Å². The van der Waals surface area contributed by atoms with Crippen molar-refractivity contribution >= 4 is 5.96 Å². The normalized spacial score (nSPS) is 25.9. The number of piperidine rings is 1. The summed E-state index contributed by atoms with van der Waals surface area (Å²) in [6, 6.07) is 1.42. The molecule has 0 spiro atoms. The molecule has 0 amide bonds. The minimum atomic E-state index is 0.642. The Morgan fingerprint density at radius 2 is 1.90 bits per heavy atom. The van der Waals surface area contributed by atoms with Crippen LogP contribution in [-0.2, 0) is 0 Å². The Bertz CT molecular complexity index is 297. The zero-order chi connectivity index (χ0) is 14.2. The summed E-state index contributed by atoms with van der Waals surface area (Å²) in [4.78, 5) is 6.97. The summed E-state index contributed by atoms with van der Waals surface area (Å²) >= 11 is 0. The summed E-state index contributed by atoms with van der Waals surface area (Å²) in [5.74, 6) is 0.989. The third-order valence-corrected chi connectivity index (χ3v) is 4.77. The standard InChI is InChI=1S/C16H32N4/c1-14-8-5-6-12-20(14)13-7-11-18-16(17-2)19-15-9-3-4-10-15/h14-15H,3-13H2,1-2H3,(H2,17,18,19). The second-order valence-electron chi connectivity index (χ2n) is 6.36. The first kappa shape index (κ1) is 15.6. The average Bonchev–Trinajstić information content (AvgIpc) is 2.97. The molecule has 20 heavy (non-hydrogen) atoms. The molecule has 0 aromatic heterocycles. The van der Waals surface area contributed by atoms with E-state index < -0.39 is 0 Å². The van der Waals surface area contributed by atoms with E-state index in [2.05, 4.69) is 27.4 Å². The van der Waals surface area contributed by atoms with Gasteiger partial charge < -0.3 is 15.5 Å². The maximum atomic E-state index is 4.33. The van der Waals surface area contributed by atoms with Crippen LogP contribution in [0.5, 0.6) is 0 Å². The van der Waals surface area contributed by atoms with Crippen LogP contribution in [0.1, 0.15) is 58.3 Å². The van der Waals surface area contributed by atoms with Gasteiger partial charge in [0.15, 0.2) is 5.96 Å². The second kappa shape index (κ2) is 8.50. The van der Waals surface area contributed by atoms with Crippen LogP contribution in [0, 0.1) is 0 Å². The minimum Gasteiger partial charge on any atom is -0.356 e. The van der Waals surface area contributed by atoms with Gasteiger partial charge >= 0.3 is 0 Å². The molecule has 116 valence electrons. The fourth-order valence-electron chi connectivity index (χ4n) is 3.44. The highest BCUT2D eigenvalue weighted by atomic mass is 15.2. The molecule has 2 aliphatic rings. The van der Waals surface area contributed by atoms with Gasteiger partial charge in [-0.15, -0.1) is 0 Å². The van der Waals surface area contributed by atoms with E-state index in [1.165, 1.54) is 64.5 Å². The lowest BCUT2D eigenvalue weighted by Crippen LogP contribution is -2.44. The van der Waals surface area contributed by atoms with Gasteiger partial charge in [0.25, 0.3) is 0 Å². The third-order valence-electron chi connectivity index (χ3n) is 4.77. The molecule has 1 atom stereocenters. The molecule has 4 heteroatoms. The lowest BCUT2D eigenvalue weighted by Gasteiger charge is -2.33. The molecule has 1 aliphatic carbocycles. The topological polar surface area (TPSA) is 39.7 Å². The predicted octanol–water partition coefficient (Wildman–Crippen LogP) is 2.36. The van der Waals surface area contributed by atoms with Crippen molar-refractivity contribution in [3.05, 3.63) is 0 Å². The number of nitrogens with zero attached hydrogens (tertiary/aromatic N) is 2. The quantitative estimate of drug-likeness (QED) is 0.461. The Morgan fingerprint density at radius 1 is 1.15 bits per heavy atom. The van der Waals surface area contributed by atoms with Crippen LogP contribution in [0.25, 0.3) is 0 Å². The van der Waals surface area contributed by atoms with Crippen LogP contribution in [0.3, 0.4) is 0 Å². The van der Waals surface area contributed by atoms with Crippen molar-refractivity contribution in [2.75, 3.05) is 26.7 Å². The van der Waals surface area contributed by atoms with E-state index in [0.717, 1.165) is 18.5 Å². The summed E-state index contributed by atoms with van der Waals surface area (Å²) in [7, 11) is 1.87. The number of aliphatic imine (C=N–C) groups is 1. The molecular formula is C16H32N4. The maximum Gasteiger partial charge on any atom is 0.191 e. The highest BCUT2D eigenvalue weighted by molar-refractivity contribution is 5.79. The maximum absolute atomic E-state index is 4.33. The fraction of sp³-hybridized carbons (Fsp3) is 0.938. The third kappa shape index (κ3) is 4.97. The zero-order valence-electron chi connectivity index (χ0n) is 13.3. The van der Waals surface area contributed by atoms with Gasteiger partial charge in [0.2, 0.25) is 0 Å². The Labute approximate surface area is 124 Å². The van der Waals surface area contributed by atoms with Gasteiger partial charge in [0, 0.05) is 32.2 Å². The molecule has 2 rings (SSSR count). The summed E-state index contributed by atoms with van der Waals surface area (Å²) in [5.41, 5.74) is 0. The first-order chi connectivity index (χ1) is 9.79. The van der Waals surface area contributed by atoms with Crippen molar-refractivity contribution in [1.29, 1.82) is 0 Å². The SMILES string of the molecule is CN=C(NCCCN1CCCCC1C)NC1CCCC1. The molecule has 2 N–H and O–H groups in total. The molecule has 1 saturated carbocycles. The first-order valence-electron chi connectivity index (χ1n) is 8.51. The predicted molar refractivity (Wildman–Crippen MR) is 86.3 cm³/mol. The summed E-state index contributed by atoms with van der Waals surface area (Å²) in [6.45, 7) is 5.90. The number of rotatable bonds is 5. The monoisotopic (exact) mass is 280 g/mol. The number of hydrogen-bond acceptors (Lipinski definition) is 2. The van der Waals surface area contributed by atoms with Crippen molar-refractivity contribution in [3.63, 3.8) is 0 Å². The van der Waals surface area contributed by atoms with Gasteiger partial charge in [-0.3, -0.25) is 4.99 Å². The lowest BCUT2D eigenvalue weighted by molar-refractivity contribution is 0.159. The summed E-state index contributed by atoms with van der Waals surface area (Å²) in [6.07, 6.45) is 10.7. The van der Waals surface area contributed by atoms with Crippen molar-refractivity contribution in [1.82, 2.24) is 15.5 Å². The first-order valence-corrected chi connectivity index (χ1v) is 8.51. The molecule has 0 bridgehead atoms. The molecule has 0 aromatic rings. The van der Waals surface area contributed by atoms with E-state index in [4.69, 9.17) is 0 Å². The molecule has 1 unspecified atom stereocenters. The van der Waals surface area contributed by atoms with Crippen molar-refractivity contribution in [3.8, 4) is 0 Å². The van der Waals surface area contributed by atoms with E-state index in [9.17, 15) is 0 Å². The zero-order valence-corrected chi connectivity index (χ0v) is 13.3. The molecule has 0 aromatic carbocycles. The van der Waals surface area contributed by atoms with Gasteiger partial charge in [-0.2, -0.15) is 0 Å². The van der Waals surface area contributed by atoms with Crippen molar-refractivity contribution in [2.24, 2.45) is 4.99 Å². The van der Waals surface area contributed by atoms with Gasteiger partial charge in [-0.05, 0) is 45.6 Å². The van der Waals surface area contributed by atoms with Crippen LogP contribution >= 0.6 is 0 Å². The van der Waals surface area contributed by atoms with Crippen molar-refractivity contribution < 1.29 is 0 Å². The smallest absolute Gasteiger partial charge is 0.191 e. The summed E-state index contributed by atoms with van der Waals surface area (Å²) in [5, 5.41) is 7.00. The lowest BCUT2D eigenvalue weighted by atomic mass is 10.0. The number of likely N-dealkylation sites (tertiary alicyclic amines) is 1. The number of hydrogen-bond donors (Lipinski definition) is 2. The minimum absolute atomic E-state index is 0.642. The Hall–Kier alpha value is -0.770. The Kier molecular flexibility index (Phi) is 6.64. The van der Waals surface area contributed by atoms with Gasteiger partial charge in [-0.1, -0.05) is 19.3 Å². The van der Waals surface area contributed by atoms with Gasteiger partial charge in [-0.25, -0.2) is 0 Å². The van der Waals surface area contributed by atoms with Crippen LogP contribution in [-0.4, -0.2) is 49.6 Å². The largest absolute Gasteiger partial charge is 0.356 e. The Balaban J connectivity index is 1.58. The second-order valence-corrected chi connectivity index (χ2v) is 6.36. The highest BCUT2D eigenvalue weighted by Gasteiger charge is 2.18. The van der Waals surface area contributed by atoms with Crippen LogP contribution in [0.4, 0.5) is 0 Å². The molecule has 2 fully saturated rings. The molecule has 4 nitrogen and oxygen atoms in total. The fourth-order valence-corrected chi connectivity index (χ4v) is 3.44. The number of nitrogens with one attached hydrogen (secondary N) is 2. The van der Waals surface area contributed by atoms with E-state index in [-0.39, 0.29) is 0 Å². The molecule has 1 saturated heterocycles. The van der Waals surface area contributed by atoms with E-state index in [1.807, 2.05) is 7.05 Å². The van der Waals surface area contributed by atoms with Gasteiger partial charge in [0.1, 0.15) is 0 Å². The van der Waals surface area contributed by atoms with E-state index in [0.29, 0.717) is 6.04 Å². The van der Waals surface area contributed by atoms with Crippen molar-refractivity contribution in [2.45, 2.75) is 70.4 Å². The average molecular weight is 280 g/mol. The molecular weight excluding hydrogens is 248 g/mol. The number of guanidine groups is 1. The van der Waals surface area contributed by atoms with Crippen LogP contribution in [0.15, 0.2) is 4.99 Å². The molecule has 1 heterocycles.